The van der Waals surface area contributed by atoms with Crippen LogP contribution in [-0.2, 0) is 16.1 Å². The summed E-state index contributed by atoms with van der Waals surface area (Å²) < 4.78 is 20.7. The van der Waals surface area contributed by atoms with Crippen LogP contribution in [0.3, 0.4) is 0 Å². The number of hydrogen-bond acceptors (Lipinski definition) is 6. The molecule has 37 heavy (non-hydrogen) atoms. The molecule has 0 unspecified atom stereocenters. The van der Waals surface area contributed by atoms with E-state index >= 15 is 0 Å². The van der Waals surface area contributed by atoms with E-state index in [-0.39, 0.29) is 25.4 Å². The van der Waals surface area contributed by atoms with Crippen molar-refractivity contribution in [2.45, 2.75) is 33.2 Å². The molecule has 0 aliphatic carbocycles. The Balaban J connectivity index is 1.81. The Bertz CT molecular complexity index is 1470. The fourth-order valence-corrected chi connectivity index (χ4v) is 4.43. The zero-order valence-corrected chi connectivity index (χ0v) is 21.2. The molecule has 0 N–H and O–H groups in total. The lowest BCUT2D eigenvalue weighted by Gasteiger charge is -2.31. The molecule has 0 spiro atoms. The predicted molar refractivity (Wildman–Crippen MR) is 135 cm³/mol. The van der Waals surface area contributed by atoms with E-state index < -0.39 is 40.6 Å². The summed E-state index contributed by atoms with van der Waals surface area (Å²) in [5.74, 6) is -2.16. The summed E-state index contributed by atoms with van der Waals surface area (Å²) in [6.45, 7) is 3.82. The van der Waals surface area contributed by atoms with Gasteiger partial charge >= 0.3 is 11.7 Å². The molecule has 194 valence electrons. The summed E-state index contributed by atoms with van der Waals surface area (Å²) in [4.78, 5) is 54.0. The second-order valence-electron chi connectivity index (χ2n) is 8.84. The maximum absolute atomic E-state index is 13.8. The highest BCUT2D eigenvalue weighted by Gasteiger charge is 2.32. The highest BCUT2D eigenvalue weighted by molar-refractivity contribution is 6.31. The number of aromatic nitrogens is 3. The number of hydrogen-bond donors (Lipinski definition) is 0. The van der Waals surface area contributed by atoms with Gasteiger partial charge in [-0.2, -0.15) is 9.78 Å². The summed E-state index contributed by atoms with van der Waals surface area (Å²) in [6, 6.07) is 10.3. The van der Waals surface area contributed by atoms with Gasteiger partial charge in [-0.3, -0.25) is 19.0 Å². The molecule has 0 bridgehead atoms. The minimum atomic E-state index is -0.910. The number of nitrogens with zero attached hydrogens (tertiary/aromatic N) is 4. The molecule has 1 fully saturated rings. The minimum Gasteiger partial charge on any atom is -0.466 e. The number of aryl methyl sites for hydroxylation is 1. The van der Waals surface area contributed by atoms with E-state index in [0.717, 1.165) is 14.8 Å². The minimum absolute atomic E-state index is 0.0676. The van der Waals surface area contributed by atoms with Gasteiger partial charge in [0.05, 0.1) is 24.8 Å². The van der Waals surface area contributed by atoms with Gasteiger partial charge in [0.25, 0.3) is 11.5 Å². The number of likely N-dealkylation sites (tertiary alicyclic amines) is 1. The van der Waals surface area contributed by atoms with E-state index in [1.807, 2.05) is 0 Å². The standard InChI is InChI=1S/C26H26ClFN4O5/c1-3-37-25(35)18-7-5-11-30(15-18)23(33)22-24(34)31(14-17-6-4-8-19(28)12-17)26(36)32(29-22)20-10-9-16(2)21(27)13-20/h4,6,8-10,12-13,18H,3,5,7,11,14-15H2,1-2H3/t18-/m0/s1. The number of piperidine rings is 1. The first kappa shape index (κ1) is 26.3. The number of rotatable bonds is 6. The molecular formula is C26H26ClFN4O5. The molecule has 0 saturated carbocycles. The van der Waals surface area contributed by atoms with Gasteiger partial charge in [0.15, 0.2) is 0 Å². The van der Waals surface area contributed by atoms with Crippen LogP contribution in [0, 0.1) is 18.7 Å². The van der Waals surface area contributed by atoms with Gasteiger partial charge in [-0.15, -0.1) is 0 Å². The van der Waals surface area contributed by atoms with Gasteiger partial charge in [-0.25, -0.2) is 9.18 Å². The number of halogens is 2. The average molecular weight is 529 g/mol. The van der Waals surface area contributed by atoms with Crippen molar-refractivity contribution in [2.75, 3.05) is 19.7 Å². The second kappa shape index (κ2) is 11.1. The van der Waals surface area contributed by atoms with Crippen LogP contribution in [0.1, 0.15) is 41.4 Å². The average Bonchev–Trinajstić information content (AvgIpc) is 2.88. The van der Waals surface area contributed by atoms with E-state index in [0.29, 0.717) is 30.0 Å². The first-order chi connectivity index (χ1) is 17.7. The fraction of sp³-hybridized carbons (Fsp3) is 0.346. The largest absolute Gasteiger partial charge is 0.466 e. The Morgan fingerprint density at radius 3 is 2.68 bits per heavy atom. The van der Waals surface area contributed by atoms with Crippen molar-refractivity contribution < 1.29 is 18.7 Å². The van der Waals surface area contributed by atoms with E-state index in [2.05, 4.69) is 5.10 Å². The van der Waals surface area contributed by atoms with Crippen LogP contribution in [0.5, 0.6) is 0 Å². The van der Waals surface area contributed by atoms with Crippen molar-refractivity contribution in [3.63, 3.8) is 0 Å². The maximum Gasteiger partial charge on any atom is 0.352 e. The first-order valence-electron chi connectivity index (χ1n) is 11.9. The van der Waals surface area contributed by atoms with Crippen LogP contribution in [-0.4, -0.2) is 50.8 Å². The van der Waals surface area contributed by atoms with Crippen LogP contribution in [0.25, 0.3) is 5.69 Å². The third-order valence-corrected chi connectivity index (χ3v) is 6.63. The Hall–Kier alpha value is -3.79. The van der Waals surface area contributed by atoms with E-state index in [9.17, 15) is 23.6 Å². The smallest absolute Gasteiger partial charge is 0.352 e. The highest BCUT2D eigenvalue weighted by Crippen LogP contribution is 2.20. The number of esters is 1. The Morgan fingerprint density at radius 2 is 1.97 bits per heavy atom. The van der Waals surface area contributed by atoms with Crippen molar-refractivity contribution in [1.82, 2.24) is 19.2 Å². The molecule has 1 amide bonds. The van der Waals surface area contributed by atoms with Gasteiger partial charge < -0.3 is 9.64 Å². The molecule has 1 aliphatic rings. The molecule has 2 heterocycles. The first-order valence-corrected chi connectivity index (χ1v) is 12.3. The maximum atomic E-state index is 13.8. The molecule has 3 aromatic rings. The summed E-state index contributed by atoms with van der Waals surface area (Å²) in [6.07, 6.45) is 1.10. The van der Waals surface area contributed by atoms with E-state index in [1.54, 1.807) is 32.0 Å². The summed E-state index contributed by atoms with van der Waals surface area (Å²) in [5, 5.41) is 4.52. The summed E-state index contributed by atoms with van der Waals surface area (Å²) in [5.41, 5.74) is -0.831. The van der Waals surface area contributed by atoms with Crippen molar-refractivity contribution in [1.29, 1.82) is 0 Å². The van der Waals surface area contributed by atoms with Crippen molar-refractivity contribution in [3.8, 4) is 5.69 Å². The number of amides is 1. The topological polar surface area (TPSA) is 104 Å². The van der Waals surface area contributed by atoms with Crippen LogP contribution in [0.15, 0.2) is 52.1 Å². The normalized spacial score (nSPS) is 15.5. The molecule has 1 atom stereocenters. The molecule has 1 saturated heterocycles. The number of carbonyl (C=O) groups excluding carboxylic acids is 2. The molecule has 1 aromatic heterocycles. The van der Waals surface area contributed by atoms with Gasteiger partial charge in [0.2, 0.25) is 5.69 Å². The lowest BCUT2D eigenvalue weighted by Crippen LogP contribution is -2.49. The lowest BCUT2D eigenvalue weighted by molar-refractivity contribution is -0.149. The monoisotopic (exact) mass is 528 g/mol. The molecule has 4 rings (SSSR count). The van der Waals surface area contributed by atoms with Crippen molar-refractivity contribution in [2.24, 2.45) is 5.92 Å². The molecule has 11 heteroatoms. The van der Waals surface area contributed by atoms with Crippen molar-refractivity contribution >= 4 is 23.5 Å². The molecule has 9 nitrogen and oxygen atoms in total. The molecule has 1 aliphatic heterocycles. The third-order valence-electron chi connectivity index (χ3n) is 6.22. The number of benzene rings is 2. The summed E-state index contributed by atoms with van der Waals surface area (Å²) in [7, 11) is 0. The number of carbonyl (C=O) groups is 2. The fourth-order valence-electron chi connectivity index (χ4n) is 4.25. The highest BCUT2D eigenvalue weighted by atomic mass is 35.5. The van der Waals surface area contributed by atoms with Crippen LogP contribution >= 0.6 is 11.6 Å². The molecule has 0 radical (unpaired) electrons. The SMILES string of the molecule is CCOC(=O)[C@H]1CCCN(C(=O)c2nn(-c3ccc(C)c(Cl)c3)c(=O)n(Cc3cccc(F)c3)c2=O)C1. The Kier molecular flexibility index (Phi) is 7.87. The van der Waals surface area contributed by atoms with Gasteiger partial charge in [-0.05, 0) is 62.1 Å². The third kappa shape index (κ3) is 5.64. The van der Waals surface area contributed by atoms with Crippen LogP contribution in [0.2, 0.25) is 5.02 Å². The quantitative estimate of drug-likeness (QED) is 0.456. The predicted octanol–water partition coefficient (Wildman–Crippen LogP) is 2.96. The lowest BCUT2D eigenvalue weighted by atomic mass is 9.98. The second-order valence-corrected chi connectivity index (χ2v) is 9.25. The Morgan fingerprint density at radius 1 is 1.19 bits per heavy atom. The zero-order chi connectivity index (χ0) is 26.7. The van der Waals surface area contributed by atoms with Crippen LogP contribution in [0.4, 0.5) is 4.39 Å². The van der Waals surface area contributed by atoms with E-state index in [1.165, 1.54) is 29.2 Å². The van der Waals surface area contributed by atoms with Crippen molar-refractivity contribution in [3.05, 3.63) is 91.0 Å². The van der Waals surface area contributed by atoms with Crippen LogP contribution < -0.4 is 11.2 Å². The van der Waals surface area contributed by atoms with Gasteiger partial charge in [0, 0.05) is 18.1 Å². The Labute approximate surface area is 217 Å². The summed E-state index contributed by atoms with van der Waals surface area (Å²) >= 11 is 6.26. The molecular weight excluding hydrogens is 503 g/mol. The van der Waals surface area contributed by atoms with Gasteiger partial charge in [-0.1, -0.05) is 29.8 Å². The molecule has 2 aromatic carbocycles. The van der Waals surface area contributed by atoms with E-state index in [4.69, 9.17) is 16.3 Å². The zero-order valence-electron chi connectivity index (χ0n) is 20.4. The number of ether oxygens (including phenoxy) is 1. The van der Waals surface area contributed by atoms with Gasteiger partial charge in [0.1, 0.15) is 5.82 Å².